The number of nitrogens with zero attached hydrogens (tertiary/aromatic N) is 1. The quantitative estimate of drug-likeness (QED) is 0.894. The average Bonchev–Trinajstić information content (AvgIpc) is 2.76. The molecule has 1 aromatic rings. The Labute approximate surface area is 116 Å². The summed E-state index contributed by atoms with van der Waals surface area (Å²) in [6.45, 7) is 1.42. The molecule has 0 saturated carbocycles. The molecule has 0 spiro atoms. The number of carboxylic acid groups (broad SMARTS) is 1. The van der Waals surface area contributed by atoms with E-state index < -0.39 is 12.0 Å². The van der Waals surface area contributed by atoms with Crippen LogP contribution in [0.4, 0.5) is 4.79 Å². The minimum absolute atomic E-state index is 0.275. The predicted octanol–water partition coefficient (Wildman–Crippen LogP) is 2.46. The fourth-order valence-corrected chi connectivity index (χ4v) is 2.97. The standard InChI is InChI=1S/C13H18N2O3S/c16-12(17)11(10-6-5-9-19-10)14-13(18)15-7-3-1-2-4-8-15/h5-6,9,11H,1-4,7-8H2,(H,14,18)(H,16,17). The SMILES string of the molecule is O=C(O)C(NC(=O)N1CCCCCC1)c1cccs1. The highest BCUT2D eigenvalue weighted by Gasteiger charge is 2.25. The fraction of sp³-hybridized carbons (Fsp3) is 0.538. The molecule has 1 aliphatic rings. The number of aliphatic carboxylic acids is 1. The fourth-order valence-electron chi connectivity index (χ4n) is 2.20. The van der Waals surface area contributed by atoms with Gasteiger partial charge in [0.25, 0.3) is 0 Å². The summed E-state index contributed by atoms with van der Waals surface area (Å²) in [6.07, 6.45) is 4.25. The van der Waals surface area contributed by atoms with Gasteiger partial charge in [-0.2, -0.15) is 0 Å². The van der Waals surface area contributed by atoms with Gasteiger partial charge in [-0.05, 0) is 24.3 Å². The largest absolute Gasteiger partial charge is 0.479 e. The van der Waals surface area contributed by atoms with Crippen LogP contribution in [0.15, 0.2) is 17.5 Å². The maximum Gasteiger partial charge on any atom is 0.331 e. The number of carbonyl (C=O) groups excluding carboxylic acids is 1. The van der Waals surface area contributed by atoms with Gasteiger partial charge in [-0.25, -0.2) is 9.59 Å². The summed E-state index contributed by atoms with van der Waals surface area (Å²) < 4.78 is 0. The molecular formula is C13H18N2O3S. The normalized spacial score (nSPS) is 17.6. The summed E-state index contributed by atoms with van der Waals surface area (Å²) in [5.74, 6) is -1.02. The van der Waals surface area contributed by atoms with E-state index in [9.17, 15) is 14.7 Å². The van der Waals surface area contributed by atoms with E-state index in [0.717, 1.165) is 25.7 Å². The molecule has 1 unspecified atom stereocenters. The summed E-state index contributed by atoms with van der Waals surface area (Å²) in [5.41, 5.74) is 0. The molecule has 0 bridgehead atoms. The number of carbonyl (C=O) groups is 2. The third-order valence-electron chi connectivity index (χ3n) is 3.24. The summed E-state index contributed by atoms with van der Waals surface area (Å²) in [6, 6.07) is 2.29. The Bertz CT molecular complexity index is 425. The molecule has 1 atom stereocenters. The smallest absolute Gasteiger partial charge is 0.331 e. The van der Waals surface area contributed by atoms with E-state index in [1.54, 1.807) is 17.0 Å². The lowest BCUT2D eigenvalue weighted by Gasteiger charge is -2.23. The number of hydrogen-bond acceptors (Lipinski definition) is 3. The average molecular weight is 282 g/mol. The molecule has 0 aliphatic carbocycles. The molecule has 2 amide bonds. The zero-order valence-corrected chi connectivity index (χ0v) is 11.5. The van der Waals surface area contributed by atoms with Gasteiger partial charge in [-0.1, -0.05) is 18.9 Å². The number of nitrogens with one attached hydrogen (secondary N) is 1. The van der Waals surface area contributed by atoms with Crippen LogP contribution in [0.25, 0.3) is 0 Å². The van der Waals surface area contributed by atoms with Crippen molar-refractivity contribution in [3.8, 4) is 0 Å². The Balaban J connectivity index is 2.00. The van der Waals surface area contributed by atoms with Crippen molar-refractivity contribution in [2.24, 2.45) is 0 Å². The van der Waals surface area contributed by atoms with Crippen LogP contribution in [-0.2, 0) is 4.79 Å². The number of rotatable bonds is 3. The maximum absolute atomic E-state index is 12.1. The van der Waals surface area contributed by atoms with Gasteiger partial charge in [0.15, 0.2) is 6.04 Å². The maximum atomic E-state index is 12.1. The summed E-state index contributed by atoms with van der Waals surface area (Å²) in [5, 5.41) is 13.6. The van der Waals surface area contributed by atoms with E-state index in [-0.39, 0.29) is 6.03 Å². The first kappa shape index (κ1) is 13.9. The van der Waals surface area contributed by atoms with Crippen LogP contribution in [0.2, 0.25) is 0 Å². The highest BCUT2D eigenvalue weighted by atomic mass is 32.1. The molecule has 1 aliphatic heterocycles. The van der Waals surface area contributed by atoms with E-state index in [1.807, 2.05) is 5.38 Å². The molecule has 104 valence electrons. The molecule has 2 N–H and O–H groups in total. The van der Waals surface area contributed by atoms with E-state index in [2.05, 4.69) is 5.32 Å². The Morgan fingerprint density at radius 1 is 1.26 bits per heavy atom. The molecule has 1 aromatic heterocycles. The number of urea groups is 1. The van der Waals surface area contributed by atoms with Crippen molar-refractivity contribution in [3.63, 3.8) is 0 Å². The first-order valence-electron chi connectivity index (χ1n) is 6.50. The zero-order valence-electron chi connectivity index (χ0n) is 10.7. The lowest BCUT2D eigenvalue weighted by Crippen LogP contribution is -2.44. The van der Waals surface area contributed by atoms with Gasteiger partial charge in [0.1, 0.15) is 0 Å². The second-order valence-electron chi connectivity index (χ2n) is 4.64. The number of amides is 2. The van der Waals surface area contributed by atoms with Crippen molar-refractivity contribution in [2.75, 3.05) is 13.1 Å². The van der Waals surface area contributed by atoms with Crippen molar-refractivity contribution in [1.82, 2.24) is 10.2 Å². The highest BCUT2D eigenvalue weighted by molar-refractivity contribution is 7.10. The number of carboxylic acids is 1. The van der Waals surface area contributed by atoms with Crippen LogP contribution >= 0.6 is 11.3 Å². The number of likely N-dealkylation sites (tertiary alicyclic amines) is 1. The lowest BCUT2D eigenvalue weighted by molar-refractivity contribution is -0.139. The molecular weight excluding hydrogens is 264 g/mol. The number of hydrogen-bond donors (Lipinski definition) is 2. The molecule has 19 heavy (non-hydrogen) atoms. The van der Waals surface area contributed by atoms with Crippen molar-refractivity contribution in [2.45, 2.75) is 31.7 Å². The van der Waals surface area contributed by atoms with Gasteiger partial charge in [-0.3, -0.25) is 0 Å². The summed E-state index contributed by atoms with van der Waals surface area (Å²) in [7, 11) is 0. The Hall–Kier alpha value is -1.56. The van der Waals surface area contributed by atoms with Crippen LogP contribution in [0.1, 0.15) is 36.6 Å². The van der Waals surface area contributed by atoms with Gasteiger partial charge in [0, 0.05) is 18.0 Å². The van der Waals surface area contributed by atoms with Crippen molar-refractivity contribution in [1.29, 1.82) is 0 Å². The first-order chi connectivity index (χ1) is 9.18. The van der Waals surface area contributed by atoms with E-state index in [4.69, 9.17) is 0 Å². The van der Waals surface area contributed by atoms with E-state index >= 15 is 0 Å². The molecule has 2 rings (SSSR count). The summed E-state index contributed by atoms with van der Waals surface area (Å²) in [4.78, 5) is 25.7. The van der Waals surface area contributed by atoms with Gasteiger partial charge in [-0.15, -0.1) is 11.3 Å². The van der Waals surface area contributed by atoms with Gasteiger partial charge < -0.3 is 15.3 Å². The Morgan fingerprint density at radius 3 is 2.47 bits per heavy atom. The van der Waals surface area contributed by atoms with Crippen LogP contribution in [0.5, 0.6) is 0 Å². The monoisotopic (exact) mass is 282 g/mol. The Kier molecular flexibility index (Phi) is 4.79. The number of thiophene rings is 1. The highest BCUT2D eigenvalue weighted by Crippen LogP contribution is 2.20. The molecule has 0 aromatic carbocycles. The molecule has 0 radical (unpaired) electrons. The van der Waals surface area contributed by atoms with Crippen molar-refractivity contribution in [3.05, 3.63) is 22.4 Å². The second kappa shape index (κ2) is 6.56. The van der Waals surface area contributed by atoms with Crippen LogP contribution in [0.3, 0.4) is 0 Å². The lowest BCUT2D eigenvalue weighted by atomic mass is 10.2. The van der Waals surface area contributed by atoms with Gasteiger partial charge in [0.2, 0.25) is 0 Å². The Morgan fingerprint density at radius 2 is 1.95 bits per heavy atom. The third kappa shape index (κ3) is 3.70. The van der Waals surface area contributed by atoms with E-state index in [0.29, 0.717) is 18.0 Å². The van der Waals surface area contributed by atoms with E-state index in [1.165, 1.54) is 11.3 Å². The van der Waals surface area contributed by atoms with Crippen LogP contribution in [-0.4, -0.2) is 35.1 Å². The van der Waals surface area contributed by atoms with Crippen LogP contribution < -0.4 is 5.32 Å². The van der Waals surface area contributed by atoms with Crippen molar-refractivity contribution < 1.29 is 14.7 Å². The molecule has 2 heterocycles. The van der Waals surface area contributed by atoms with Gasteiger partial charge >= 0.3 is 12.0 Å². The summed E-state index contributed by atoms with van der Waals surface area (Å²) >= 11 is 1.34. The molecule has 1 fully saturated rings. The van der Waals surface area contributed by atoms with Crippen molar-refractivity contribution >= 4 is 23.3 Å². The zero-order chi connectivity index (χ0) is 13.7. The molecule has 1 saturated heterocycles. The third-order valence-corrected chi connectivity index (χ3v) is 4.17. The minimum Gasteiger partial charge on any atom is -0.479 e. The molecule has 5 nitrogen and oxygen atoms in total. The second-order valence-corrected chi connectivity index (χ2v) is 5.62. The van der Waals surface area contributed by atoms with Gasteiger partial charge in [0.05, 0.1) is 0 Å². The minimum atomic E-state index is -1.02. The molecule has 6 heteroatoms. The van der Waals surface area contributed by atoms with Crippen LogP contribution in [0, 0.1) is 0 Å². The predicted molar refractivity (Wildman–Crippen MR) is 73.3 cm³/mol. The first-order valence-corrected chi connectivity index (χ1v) is 7.38. The topological polar surface area (TPSA) is 69.6 Å².